The molecule has 4 nitrogen and oxygen atoms in total. The van der Waals surface area contributed by atoms with Gasteiger partial charge in [-0.05, 0) is 17.5 Å². The molecule has 2 aromatic rings. The SMILES string of the molecule is CC.CC.CC(=O)N1CCOC1=NC(Cc1ccccc1)c1ccccc1. The van der Waals surface area contributed by atoms with Crippen molar-refractivity contribution in [2.75, 3.05) is 13.2 Å². The lowest BCUT2D eigenvalue weighted by Gasteiger charge is -2.17. The van der Waals surface area contributed by atoms with Gasteiger partial charge in [0.05, 0.1) is 12.6 Å². The minimum Gasteiger partial charge on any atom is -0.463 e. The van der Waals surface area contributed by atoms with Crippen molar-refractivity contribution in [1.82, 2.24) is 4.90 Å². The highest BCUT2D eigenvalue weighted by atomic mass is 16.5. The highest BCUT2D eigenvalue weighted by Gasteiger charge is 2.25. The van der Waals surface area contributed by atoms with Crippen molar-refractivity contribution in [2.45, 2.75) is 47.1 Å². The number of carbonyl (C=O) groups excluding carboxylic acids is 1. The Labute approximate surface area is 163 Å². The van der Waals surface area contributed by atoms with Gasteiger partial charge in [0.2, 0.25) is 5.91 Å². The fourth-order valence-electron chi connectivity index (χ4n) is 2.68. The van der Waals surface area contributed by atoms with E-state index in [1.807, 2.05) is 64.1 Å². The molecular weight excluding hydrogens is 336 g/mol. The summed E-state index contributed by atoms with van der Waals surface area (Å²) in [5, 5.41) is 0. The smallest absolute Gasteiger partial charge is 0.294 e. The predicted octanol–water partition coefficient (Wildman–Crippen LogP) is 5.26. The second-order valence-corrected chi connectivity index (χ2v) is 5.55. The molecule has 1 unspecified atom stereocenters. The lowest BCUT2D eigenvalue weighted by molar-refractivity contribution is -0.124. The van der Waals surface area contributed by atoms with Crippen LogP contribution in [0.1, 0.15) is 51.8 Å². The average Bonchev–Trinajstić information content (AvgIpc) is 3.21. The van der Waals surface area contributed by atoms with Gasteiger partial charge in [0.25, 0.3) is 6.02 Å². The first kappa shape index (κ1) is 22.4. The van der Waals surface area contributed by atoms with E-state index in [2.05, 4.69) is 24.3 Å². The van der Waals surface area contributed by atoms with Crippen LogP contribution in [0.15, 0.2) is 65.7 Å². The summed E-state index contributed by atoms with van der Waals surface area (Å²) in [4.78, 5) is 18.0. The van der Waals surface area contributed by atoms with Crippen molar-refractivity contribution in [3.05, 3.63) is 71.8 Å². The molecule has 0 saturated carbocycles. The third kappa shape index (κ3) is 6.89. The highest BCUT2D eigenvalue weighted by molar-refractivity contribution is 5.94. The third-order valence-corrected chi connectivity index (χ3v) is 3.88. The summed E-state index contributed by atoms with van der Waals surface area (Å²) in [6.45, 7) is 10.6. The maximum atomic E-state index is 11.7. The van der Waals surface area contributed by atoms with Crippen LogP contribution in [0.25, 0.3) is 0 Å². The Kier molecular flexibility index (Phi) is 10.5. The molecule has 146 valence electrons. The van der Waals surface area contributed by atoms with E-state index < -0.39 is 0 Å². The molecule has 3 rings (SSSR count). The highest BCUT2D eigenvalue weighted by Crippen LogP contribution is 2.24. The zero-order valence-electron chi connectivity index (χ0n) is 17.2. The zero-order valence-corrected chi connectivity index (χ0v) is 17.2. The zero-order chi connectivity index (χ0) is 20.1. The number of benzene rings is 2. The molecule has 4 heteroatoms. The monoisotopic (exact) mass is 368 g/mol. The van der Waals surface area contributed by atoms with Gasteiger partial charge < -0.3 is 4.74 Å². The summed E-state index contributed by atoms with van der Waals surface area (Å²) in [6.07, 6.45) is 0.767. The van der Waals surface area contributed by atoms with Crippen molar-refractivity contribution in [2.24, 2.45) is 4.99 Å². The van der Waals surface area contributed by atoms with E-state index in [0.29, 0.717) is 19.2 Å². The number of nitrogens with zero attached hydrogens (tertiary/aromatic N) is 2. The van der Waals surface area contributed by atoms with E-state index >= 15 is 0 Å². The molecule has 1 saturated heterocycles. The van der Waals surface area contributed by atoms with Crippen molar-refractivity contribution in [3.63, 3.8) is 0 Å². The molecule has 1 aliphatic rings. The number of carbonyl (C=O) groups is 1. The Morgan fingerprint density at radius 1 is 1.00 bits per heavy atom. The molecule has 1 atom stereocenters. The van der Waals surface area contributed by atoms with Gasteiger partial charge in [0.1, 0.15) is 6.61 Å². The third-order valence-electron chi connectivity index (χ3n) is 3.88. The molecule has 1 fully saturated rings. The summed E-state index contributed by atoms with van der Waals surface area (Å²) in [7, 11) is 0. The van der Waals surface area contributed by atoms with Crippen molar-refractivity contribution in [1.29, 1.82) is 0 Å². The molecule has 0 radical (unpaired) electrons. The number of amidine groups is 1. The van der Waals surface area contributed by atoms with E-state index in [9.17, 15) is 4.79 Å². The largest absolute Gasteiger partial charge is 0.463 e. The number of ether oxygens (including phenoxy) is 1. The van der Waals surface area contributed by atoms with E-state index in [4.69, 9.17) is 9.73 Å². The molecule has 0 N–H and O–H groups in total. The summed E-state index contributed by atoms with van der Waals surface area (Å²) in [6, 6.07) is 20.7. The van der Waals surface area contributed by atoms with Crippen LogP contribution in [0.4, 0.5) is 0 Å². The maximum absolute atomic E-state index is 11.7. The van der Waals surface area contributed by atoms with Gasteiger partial charge in [-0.2, -0.15) is 0 Å². The molecule has 0 aliphatic carbocycles. The minimum absolute atomic E-state index is 0.0345. The Balaban J connectivity index is 0.000000855. The minimum atomic E-state index is -0.0754. The first-order valence-electron chi connectivity index (χ1n) is 9.81. The Hall–Kier alpha value is -2.62. The van der Waals surface area contributed by atoms with Crippen LogP contribution in [0.2, 0.25) is 0 Å². The Morgan fingerprint density at radius 3 is 2.11 bits per heavy atom. The maximum Gasteiger partial charge on any atom is 0.294 e. The van der Waals surface area contributed by atoms with Crippen LogP contribution in [0.3, 0.4) is 0 Å². The second kappa shape index (κ2) is 12.7. The molecule has 1 amide bonds. The molecule has 0 aromatic heterocycles. The van der Waals surface area contributed by atoms with Crippen LogP contribution < -0.4 is 0 Å². The standard InChI is InChI=1S/C19H20N2O2.2C2H6/c1-15(22)21-12-13-23-19(21)20-18(17-10-6-3-7-11-17)14-16-8-4-2-5-9-16;2*1-2/h2-11,18H,12-14H2,1H3;2*1-2H3. The van der Waals surface area contributed by atoms with Gasteiger partial charge in [-0.25, -0.2) is 4.99 Å². The fourth-order valence-corrected chi connectivity index (χ4v) is 2.68. The van der Waals surface area contributed by atoms with Gasteiger partial charge >= 0.3 is 0 Å². The van der Waals surface area contributed by atoms with Gasteiger partial charge in [-0.3, -0.25) is 9.69 Å². The van der Waals surface area contributed by atoms with Gasteiger partial charge in [0.15, 0.2) is 0 Å². The molecule has 27 heavy (non-hydrogen) atoms. The molecule has 0 spiro atoms. The van der Waals surface area contributed by atoms with Gasteiger partial charge in [-0.1, -0.05) is 88.4 Å². The van der Waals surface area contributed by atoms with Gasteiger partial charge in [-0.15, -0.1) is 0 Å². The van der Waals surface area contributed by atoms with E-state index in [0.717, 1.165) is 12.0 Å². The number of amides is 1. The number of hydrogen-bond acceptors (Lipinski definition) is 3. The average molecular weight is 369 g/mol. The van der Waals surface area contributed by atoms with Crippen LogP contribution in [0, 0.1) is 0 Å². The van der Waals surface area contributed by atoms with Gasteiger partial charge in [0, 0.05) is 6.92 Å². The van der Waals surface area contributed by atoms with E-state index in [1.165, 1.54) is 5.56 Å². The normalized spacial score (nSPS) is 15.0. The summed E-state index contributed by atoms with van der Waals surface area (Å²) >= 11 is 0. The molecule has 2 aromatic carbocycles. The molecule has 1 aliphatic heterocycles. The van der Waals surface area contributed by atoms with Crippen molar-refractivity contribution in [3.8, 4) is 0 Å². The van der Waals surface area contributed by atoms with Crippen LogP contribution in [0.5, 0.6) is 0 Å². The van der Waals surface area contributed by atoms with E-state index in [-0.39, 0.29) is 11.9 Å². The van der Waals surface area contributed by atoms with Crippen LogP contribution >= 0.6 is 0 Å². The first-order chi connectivity index (χ1) is 13.2. The number of aliphatic imine (C=N–C) groups is 1. The second-order valence-electron chi connectivity index (χ2n) is 5.55. The first-order valence-corrected chi connectivity index (χ1v) is 9.81. The fraction of sp³-hybridized carbons (Fsp3) is 0.391. The number of hydrogen-bond donors (Lipinski definition) is 0. The topological polar surface area (TPSA) is 41.9 Å². The van der Waals surface area contributed by atoms with Crippen LogP contribution in [-0.2, 0) is 16.0 Å². The molecule has 1 heterocycles. The van der Waals surface area contributed by atoms with E-state index in [1.54, 1.807) is 11.8 Å². The summed E-state index contributed by atoms with van der Waals surface area (Å²) in [5.41, 5.74) is 2.32. The van der Waals surface area contributed by atoms with Crippen molar-refractivity contribution >= 4 is 11.9 Å². The molecule has 0 bridgehead atoms. The van der Waals surface area contributed by atoms with Crippen molar-refractivity contribution < 1.29 is 9.53 Å². The molecular formula is C23H32N2O2. The number of rotatable bonds is 4. The van der Waals surface area contributed by atoms with Crippen LogP contribution in [-0.4, -0.2) is 30.0 Å². The summed E-state index contributed by atoms with van der Waals surface area (Å²) < 4.78 is 5.57. The summed E-state index contributed by atoms with van der Waals surface area (Å²) in [5.74, 6) is -0.0345. The lowest BCUT2D eigenvalue weighted by Crippen LogP contribution is -2.31. The predicted molar refractivity (Wildman–Crippen MR) is 113 cm³/mol. The quantitative estimate of drug-likeness (QED) is 0.739. The Morgan fingerprint density at radius 2 is 1.56 bits per heavy atom. The Bertz CT molecular complexity index is 684. The lowest BCUT2D eigenvalue weighted by atomic mass is 9.99.